The maximum absolute atomic E-state index is 13.3. The number of benzene rings is 2. The van der Waals surface area contributed by atoms with Crippen molar-refractivity contribution in [3.05, 3.63) is 94.4 Å². The number of hydrogen-bond acceptors (Lipinski definition) is 5. The molecule has 3 aromatic rings. The number of aliphatic hydroxyl groups is 1. The summed E-state index contributed by atoms with van der Waals surface area (Å²) in [5.74, 6) is -0.207. The molecule has 1 N–H and O–H groups in total. The van der Waals surface area contributed by atoms with Gasteiger partial charge in [0.25, 0.3) is 11.7 Å². The largest absolute Gasteiger partial charge is 0.507 e. The van der Waals surface area contributed by atoms with Gasteiger partial charge in [0.05, 0.1) is 24.4 Å². The average molecular weight is 472 g/mol. The van der Waals surface area contributed by atoms with Gasteiger partial charge in [-0.3, -0.25) is 9.59 Å². The number of furan rings is 1. The summed E-state index contributed by atoms with van der Waals surface area (Å²) in [6.07, 6.45) is 2.32. The first kappa shape index (κ1) is 23.0. The fourth-order valence-electron chi connectivity index (χ4n) is 4.85. The first-order chi connectivity index (χ1) is 16.6. The zero-order chi connectivity index (χ0) is 24.9. The van der Waals surface area contributed by atoms with E-state index in [0.717, 1.165) is 28.9 Å². The third-order valence-electron chi connectivity index (χ3n) is 6.71. The number of carbonyl (C=O) groups is 2. The summed E-state index contributed by atoms with van der Waals surface area (Å²) in [6.45, 7) is 8.49. The number of aliphatic hydroxyl groups excluding tert-OH is 1. The summed E-state index contributed by atoms with van der Waals surface area (Å²) >= 11 is 0. The second-order valence-corrected chi connectivity index (χ2v) is 10.3. The third kappa shape index (κ3) is 4.14. The zero-order valence-electron chi connectivity index (χ0n) is 20.4. The number of ketones is 1. The van der Waals surface area contributed by atoms with Gasteiger partial charge in [-0.15, -0.1) is 0 Å². The minimum absolute atomic E-state index is 0.0435. The number of nitrogens with zero attached hydrogens (tertiary/aromatic N) is 1. The summed E-state index contributed by atoms with van der Waals surface area (Å²) in [4.78, 5) is 27.9. The molecule has 2 aliphatic heterocycles. The molecule has 1 fully saturated rings. The smallest absolute Gasteiger partial charge is 0.296 e. The quantitative estimate of drug-likeness (QED) is 0.308. The molecule has 0 spiro atoms. The van der Waals surface area contributed by atoms with E-state index >= 15 is 0 Å². The lowest BCUT2D eigenvalue weighted by molar-refractivity contribution is -0.140. The lowest BCUT2D eigenvalue weighted by atomic mass is 9.85. The van der Waals surface area contributed by atoms with Crippen molar-refractivity contribution < 1.29 is 23.8 Å². The van der Waals surface area contributed by atoms with Gasteiger partial charge in [-0.2, -0.15) is 0 Å². The van der Waals surface area contributed by atoms with Crippen molar-refractivity contribution in [1.29, 1.82) is 0 Å². The van der Waals surface area contributed by atoms with Crippen LogP contribution >= 0.6 is 0 Å². The molecule has 0 radical (unpaired) electrons. The maximum Gasteiger partial charge on any atom is 0.296 e. The van der Waals surface area contributed by atoms with Crippen LogP contribution in [0.5, 0.6) is 5.75 Å². The second kappa shape index (κ2) is 8.45. The molecule has 180 valence electrons. The molecular weight excluding hydrogens is 442 g/mol. The van der Waals surface area contributed by atoms with Crippen molar-refractivity contribution in [2.24, 2.45) is 0 Å². The average Bonchev–Trinajstić information content (AvgIpc) is 3.52. The van der Waals surface area contributed by atoms with E-state index in [1.807, 2.05) is 37.3 Å². The summed E-state index contributed by atoms with van der Waals surface area (Å²) < 4.78 is 11.2. The Bertz CT molecular complexity index is 1310. The van der Waals surface area contributed by atoms with Crippen LogP contribution in [0.25, 0.3) is 5.76 Å². The summed E-state index contributed by atoms with van der Waals surface area (Å²) in [6, 6.07) is 16.0. The Morgan fingerprint density at radius 1 is 1.09 bits per heavy atom. The molecule has 0 saturated carbocycles. The molecule has 2 unspecified atom stereocenters. The predicted octanol–water partition coefficient (Wildman–Crippen LogP) is 5.52. The Morgan fingerprint density at radius 2 is 1.83 bits per heavy atom. The fourth-order valence-corrected chi connectivity index (χ4v) is 4.85. The molecule has 0 aliphatic carbocycles. The molecule has 3 heterocycles. The molecule has 1 amide bonds. The SMILES string of the molecule is CC1Cc2cc(C(O)=C3C(=O)C(=O)N(Cc4ccco4)C3c3ccc(C(C)(C)C)cc3)ccc2O1. The van der Waals surface area contributed by atoms with Crippen molar-refractivity contribution in [2.45, 2.75) is 58.2 Å². The zero-order valence-corrected chi connectivity index (χ0v) is 20.4. The normalized spacial score (nSPS) is 21.3. The monoisotopic (exact) mass is 471 g/mol. The van der Waals surface area contributed by atoms with Crippen LogP contribution in [0.2, 0.25) is 0 Å². The second-order valence-electron chi connectivity index (χ2n) is 10.3. The van der Waals surface area contributed by atoms with Gasteiger partial charge in [-0.25, -0.2) is 0 Å². The molecule has 1 saturated heterocycles. The Hall–Kier alpha value is -3.80. The van der Waals surface area contributed by atoms with E-state index in [1.54, 1.807) is 24.3 Å². The molecule has 6 nitrogen and oxygen atoms in total. The number of likely N-dealkylation sites (tertiary alicyclic amines) is 1. The van der Waals surface area contributed by atoms with E-state index in [9.17, 15) is 14.7 Å². The standard InChI is InChI=1S/C29H29NO5/c1-17-14-20-15-19(9-12-23(20)35-17)26(31)24-25(18-7-10-21(11-8-18)29(2,3)4)30(28(33)27(24)32)16-22-6-5-13-34-22/h5-13,15,17,25,31H,14,16H2,1-4H3. The van der Waals surface area contributed by atoms with E-state index < -0.39 is 17.7 Å². The minimum atomic E-state index is -0.738. The number of hydrogen-bond donors (Lipinski definition) is 1. The van der Waals surface area contributed by atoms with Crippen LogP contribution < -0.4 is 4.74 Å². The van der Waals surface area contributed by atoms with Crippen molar-refractivity contribution in [1.82, 2.24) is 4.90 Å². The van der Waals surface area contributed by atoms with Gasteiger partial charge >= 0.3 is 0 Å². The Labute approximate surface area is 204 Å². The van der Waals surface area contributed by atoms with Crippen LogP contribution in [0.1, 0.15) is 61.8 Å². The minimum Gasteiger partial charge on any atom is -0.507 e. The number of fused-ring (bicyclic) bond motifs is 1. The topological polar surface area (TPSA) is 80.0 Å². The molecule has 35 heavy (non-hydrogen) atoms. The van der Waals surface area contributed by atoms with Gasteiger partial charge in [-0.1, -0.05) is 45.0 Å². The lowest BCUT2D eigenvalue weighted by Gasteiger charge is -2.26. The highest BCUT2D eigenvalue weighted by molar-refractivity contribution is 6.46. The van der Waals surface area contributed by atoms with E-state index in [1.165, 1.54) is 11.2 Å². The Balaban J connectivity index is 1.62. The van der Waals surface area contributed by atoms with E-state index in [4.69, 9.17) is 9.15 Å². The van der Waals surface area contributed by atoms with Crippen LogP contribution in [-0.2, 0) is 28.0 Å². The van der Waals surface area contributed by atoms with Crippen LogP contribution in [0.3, 0.4) is 0 Å². The van der Waals surface area contributed by atoms with Gasteiger partial charge in [0.2, 0.25) is 0 Å². The molecule has 2 aromatic carbocycles. The number of amides is 1. The molecule has 0 bridgehead atoms. The van der Waals surface area contributed by atoms with Crippen LogP contribution in [0, 0.1) is 0 Å². The first-order valence-electron chi connectivity index (χ1n) is 11.8. The van der Waals surface area contributed by atoms with E-state index in [-0.39, 0.29) is 29.4 Å². The maximum atomic E-state index is 13.3. The third-order valence-corrected chi connectivity index (χ3v) is 6.71. The lowest BCUT2D eigenvalue weighted by Crippen LogP contribution is -2.29. The van der Waals surface area contributed by atoms with Crippen molar-refractivity contribution in [2.75, 3.05) is 0 Å². The highest BCUT2D eigenvalue weighted by Crippen LogP contribution is 2.41. The molecule has 1 aromatic heterocycles. The molecule has 6 heteroatoms. The van der Waals surface area contributed by atoms with E-state index in [2.05, 4.69) is 20.8 Å². The Kier molecular flexibility index (Phi) is 5.55. The molecule has 2 aliphatic rings. The highest BCUT2D eigenvalue weighted by Gasteiger charge is 2.46. The summed E-state index contributed by atoms with van der Waals surface area (Å²) in [5, 5.41) is 11.4. The van der Waals surface area contributed by atoms with Crippen molar-refractivity contribution in [3.63, 3.8) is 0 Å². The molecular formula is C29H29NO5. The van der Waals surface area contributed by atoms with Gasteiger partial charge in [0.15, 0.2) is 0 Å². The van der Waals surface area contributed by atoms with Crippen LogP contribution in [0.4, 0.5) is 0 Å². The number of carbonyl (C=O) groups excluding carboxylic acids is 2. The summed E-state index contributed by atoms with van der Waals surface area (Å²) in [7, 11) is 0. The number of rotatable bonds is 4. The molecule has 5 rings (SSSR count). The first-order valence-corrected chi connectivity index (χ1v) is 11.8. The highest BCUT2D eigenvalue weighted by atomic mass is 16.5. The van der Waals surface area contributed by atoms with Crippen LogP contribution in [-0.4, -0.2) is 27.8 Å². The van der Waals surface area contributed by atoms with Gasteiger partial charge < -0.3 is 19.2 Å². The summed E-state index contributed by atoms with van der Waals surface area (Å²) in [5.41, 5.74) is 3.39. The van der Waals surface area contributed by atoms with Crippen LogP contribution in [0.15, 0.2) is 70.9 Å². The van der Waals surface area contributed by atoms with Gasteiger partial charge in [0, 0.05) is 12.0 Å². The number of ether oxygens (including phenoxy) is 1. The van der Waals surface area contributed by atoms with E-state index in [0.29, 0.717) is 11.3 Å². The number of Topliss-reactive ketones (excluding diaryl/α,β-unsaturated/α-hetero) is 1. The van der Waals surface area contributed by atoms with Crippen molar-refractivity contribution in [3.8, 4) is 5.75 Å². The Morgan fingerprint density at radius 3 is 2.49 bits per heavy atom. The van der Waals surface area contributed by atoms with Gasteiger partial charge in [0.1, 0.15) is 23.4 Å². The van der Waals surface area contributed by atoms with Gasteiger partial charge in [-0.05, 0) is 59.4 Å². The van der Waals surface area contributed by atoms with Crippen molar-refractivity contribution >= 4 is 17.4 Å². The fraction of sp³-hybridized carbons (Fsp3) is 0.310. The molecule has 2 atom stereocenters. The predicted molar refractivity (Wildman–Crippen MR) is 132 cm³/mol.